The fourth-order valence-corrected chi connectivity index (χ4v) is 1.59. The predicted octanol–water partition coefficient (Wildman–Crippen LogP) is 2.02. The number of hydrogen-bond donors (Lipinski definition) is 1. The van der Waals surface area contributed by atoms with Gasteiger partial charge in [-0.15, -0.1) is 0 Å². The molecule has 4 heteroatoms. The topological polar surface area (TPSA) is 56.7 Å². The van der Waals surface area contributed by atoms with Gasteiger partial charge in [0.15, 0.2) is 5.82 Å². The van der Waals surface area contributed by atoms with E-state index in [0.29, 0.717) is 6.54 Å². The Bertz CT molecular complexity index is 495. The summed E-state index contributed by atoms with van der Waals surface area (Å²) in [5.74, 6) is 0.822. The van der Waals surface area contributed by atoms with Crippen LogP contribution < -0.4 is 5.73 Å². The summed E-state index contributed by atoms with van der Waals surface area (Å²) < 4.78 is 1.76. The average molecular weight is 230 g/mol. The molecule has 0 fully saturated rings. The van der Waals surface area contributed by atoms with E-state index >= 15 is 0 Å². The van der Waals surface area contributed by atoms with E-state index in [0.717, 1.165) is 17.1 Å². The molecule has 2 rings (SSSR count). The van der Waals surface area contributed by atoms with E-state index in [-0.39, 0.29) is 5.41 Å². The lowest BCUT2D eigenvalue weighted by Gasteiger charge is -2.19. The van der Waals surface area contributed by atoms with Crippen molar-refractivity contribution in [2.45, 2.75) is 32.7 Å². The van der Waals surface area contributed by atoms with Crippen LogP contribution in [0.15, 0.2) is 30.6 Å². The second-order valence-corrected chi connectivity index (χ2v) is 5.12. The van der Waals surface area contributed by atoms with Crippen LogP contribution >= 0.6 is 0 Å². The molecule has 0 saturated heterocycles. The third-order valence-corrected chi connectivity index (χ3v) is 2.61. The predicted molar refractivity (Wildman–Crippen MR) is 68.0 cm³/mol. The van der Waals surface area contributed by atoms with Gasteiger partial charge in [-0.25, -0.2) is 9.67 Å². The molecule has 0 aliphatic heterocycles. The lowest BCUT2D eigenvalue weighted by Crippen LogP contribution is -2.16. The Kier molecular flexibility index (Phi) is 2.98. The zero-order chi connectivity index (χ0) is 12.5. The first-order valence-electron chi connectivity index (χ1n) is 5.72. The summed E-state index contributed by atoms with van der Waals surface area (Å²) in [4.78, 5) is 4.64. The highest BCUT2D eigenvalue weighted by atomic mass is 15.3. The first kappa shape index (κ1) is 11.8. The number of hydrogen-bond acceptors (Lipinski definition) is 3. The van der Waals surface area contributed by atoms with Crippen molar-refractivity contribution in [3.05, 3.63) is 41.9 Å². The molecule has 0 amide bonds. The summed E-state index contributed by atoms with van der Waals surface area (Å²) >= 11 is 0. The van der Waals surface area contributed by atoms with Gasteiger partial charge in [0.25, 0.3) is 0 Å². The second-order valence-electron chi connectivity index (χ2n) is 5.12. The molecule has 4 nitrogen and oxygen atoms in total. The summed E-state index contributed by atoms with van der Waals surface area (Å²) in [6.07, 6.45) is 3.63. The molecule has 2 N–H and O–H groups in total. The number of nitrogens with zero attached hydrogens (tertiary/aromatic N) is 3. The van der Waals surface area contributed by atoms with Gasteiger partial charge in [0.2, 0.25) is 0 Å². The normalized spacial score (nSPS) is 11.8. The Morgan fingerprint density at radius 3 is 2.59 bits per heavy atom. The molecule has 0 bridgehead atoms. The maximum atomic E-state index is 5.73. The highest BCUT2D eigenvalue weighted by Crippen LogP contribution is 2.22. The summed E-state index contributed by atoms with van der Waals surface area (Å²) in [6.45, 7) is 6.94. The van der Waals surface area contributed by atoms with E-state index in [1.807, 2.05) is 18.3 Å². The molecule has 0 spiro atoms. The van der Waals surface area contributed by atoms with E-state index < -0.39 is 0 Å². The Hall–Kier alpha value is -1.68. The first-order chi connectivity index (χ1) is 8.00. The Morgan fingerprint density at radius 2 is 2.06 bits per heavy atom. The van der Waals surface area contributed by atoms with Crippen molar-refractivity contribution < 1.29 is 0 Å². The molecule has 0 aromatic carbocycles. The molecule has 2 aromatic heterocycles. The fourth-order valence-electron chi connectivity index (χ4n) is 1.59. The minimum Gasteiger partial charge on any atom is -0.326 e. The number of aromatic nitrogens is 3. The van der Waals surface area contributed by atoms with Gasteiger partial charge in [-0.3, -0.25) is 0 Å². The molecular weight excluding hydrogens is 212 g/mol. The highest BCUT2D eigenvalue weighted by molar-refractivity contribution is 5.32. The highest BCUT2D eigenvalue weighted by Gasteiger charge is 2.17. The SMILES string of the molecule is CC(C)(C)c1cc(CN)cc(-n2cccn2)n1. The van der Waals surface area contributed by atoms with Gasteiger partial charge in [0.05, 0.1) is 0 Å². The smallest absolute Gasteiger partial charge is 0.153 e. The van der Waals surface area contributed by atoms with Crippen LogP contribution in [0.2, 0.25) is 0 Å². The lowest BCUT2D eigenvalue weighted by atomic mass is 9.91. The van der Waals surface area contributed by atoms with Crippen LogP contribution in [0.3, 0.4) is 0 Å². The van der Waals surface area contributed by atoms with Gasteiger partial charge >= 0.3 is 0 Å². The fraction of sp³-hybridized carbons (Fsp3) is 0.385. The van der Waals surface area contributed by atoms with Crippen LogP contribution in [0, 0.1) is 0 Å². The minimum atomic E-state index is 0.00703. The van der Waals surface area contributed by atoms with Crippen LogP contribution in [0.4, 0.5) is 0 Å². The van der Waals surface area contributed by atoms with Crippen LogP contribution in [-0.4, -0.2) is 14.8 Å². The Morgan fingerprint density at radius 1 is 1.29 bits per heavy atom. The van der Waals surface area contributed by atoms with Crippen LogP contribution in [0.5, 0.6) is 0 Å². The maximum Gasteiger partial charge on any atom is 0.153 e. The van der Waals surface area contributed by atoms with Gasteiger partial charge in [-0.05, 0) is 23.8 Å². The van der Waals surface area contributed by atoms with Crippen LogP contribution in [0.1, 0.15) is 32.0 Å². The summed E-state index contributed by atoms with van der Waals surface area (Å²) in [7, 11) is 0. The standard InChI is InChI=1S/C13H18N4/c1-13(2,3)11-7-10(9-14)8-12(16-11)17-6-4-5-15-17/h4-8H,9,14H2,1-3H3. The molecule has 0 aliphatic rings. The van der Waals surface area contributed by atoms with E-state index in [2.05, 4.69) is 36.9 Å². The van der Waals surface area contributed by atoms with Gasteiger partial charge < -0.3 is 5.73 Å². The number of pyridine rings is 1. The third kappa shape index (κ3) is 2.53. The van der Waals surface area contributed by atoms with Crippen molar-refractivity contribution >= 4 is 0 Å². The number of nitrogens with two attached hydrogens (primary N) is 1. The van der Waals surface area contributed by atoms with Gasteiger partial charge in [0.1, 0.15) is 0 Å². The molecule has 0 unspecified atom stereocenters. The van der Waals surface area contributed by atoms with E-state index in [4.69, 9.17) is 5.73 Å². The quantitative estimate of drug-likeness (QED) is 0.858. The molecule has 2 aromatic rings. The van der Waals surface area contributed by atoms with Crippen molar-refractivity contribution in [3.8, 4) is 5.82 Å². The maximum absolute atomic E-state index is 5.73. The minimum absolute atomic E-state index is 0.00703. The van der Waals surface area contributed by atoms with Gasteiger partial charge in [-0.1, -0.05) is 20.8 Å². The van der Waals surface area contributed by atoms with Crippen LogP contribution in [0.25, 0.3) is 5.82 Å². The van der Waals surface area contributed by atoms with Crippen molar-refractivity contribution in [1.29, 1.82) is 0 Å². The first-order valence-corrected chi connectivity index (χ1v) is 5.72. The molecule has 0 saturated carbocycles. The number of rotatable bonds is 2. The van der Waals surface area contributed by atoms with Gasteiger partial charge in [-0.2, -0.15) is 5.10 Å². The largest absolute Gasteiger partial charge is 0.326 e. The molecule has 0 aliphatic carbocycles. The molecule has 17 heavy (non-hydrogen) atoms. The van der Waals surface area contributed by atoms with Crippen molar-refractivity contribution in [2.75, 3.05) is 0 Å². The van der Waals surface area contributed by atoms with Crippen LogP contribution in [-0.2, 0) is 12.0 Å². The summed E-state index contributed by atoms with van der Waals surface area (Å²) in [5, 5.41) is 4.20. The Balaban J connectivity index is 2.54. The summed E-state index contributed by atoms with van der Waals surface area (Å²) in [6, 6.07) is 5.92. The zero-order valence-electron chi connectivity index (χ0n) is 10.5. The van der Waals surface area contributed by atoms with Crippen molar-refractivity contribution in [2.24, 2.45) is 5.73 Å². The van der Waals surface area contributed by atoms with E-state index in [1.54, 1.807) is 10.9 Å². The molecule has 0 atom stereocenters. The summed E-state index contributed by atoms with van der Waals surface area (Å²) in [5.41, 5.74) is 7.85. The molecule has 2 heterocycles. The molecule has 0 radical (unpaired) electrons. The van der Waals surface area contributed by atoms with Gasteiger partial charge in [0, 0.05) is 30.0 Å². The monoisotopic (exact) mass is 230 g/mol. The second kappa shape index (κ2) is 4.30. The van der Waals surface area contributed by atoms with E-state index in [9.17, 15) is 0 Å². The lowest BCUT2D eigenvalue weighted by molar-refractivity contribution is 0.564. The average Bonchev–Trinajstić information content (AvgIpc) is 2.80. The zero-order valence-corrected chi connectivity index (χ0v) is 10.5. The molecular formula is C13H18N4. The Labute approximate surface area is 101 Å². The van der Waals surface area contributed by atoms with Crippen molar-refractivity contribution in [1.82, 2.24) is 14.8 Å². The van der Waals surface area contributed by atoms with E-state index in [1.165, 1.54) is 0 Å². The van der Waals surface area contributed by atoms with Crippen molar-refractivity contribution in [3.63, 3.8) is 0 Å². The third-order valence-electron chi connectivity index (χ3n) is 2.61. The molecule has 90 valence electrons.